The Balaban J connectivity index is 1.19. The Hall–Kier alpha value is -2.76. The van der Waals surface area contributed by atoms with Crippen molar-refractivity contribution in [3.05, 3.63) is 59.2 Å². The second-order valence-electron chi connectivity index (χ2n) is 9.29. The van der Waals surface area contributed by atoms with Crippen LogP contribution in [0.2, 0.25) is 0 Å². The van der Waals surface area contributed by atoms with Gasteiger partial charge in [0, 0.05) is 50.4 Å². The topological polar surface area (TPSA) is 48.7 Å². The van der Waals surface area contributed by atoms with E-state index < -0.39 is 11.7 Å². The van der Waals surface area contributed by atoms with Crippen LogP contribution in [0.5, 0.6) is 0 Å². The molecule has 34 heavy (non-hydrogen) atoms. The summed E-state index contributed by atoms with van der Waals surface area (Å²) in [5.41, 5.74) is 1.80. The van der Waals surface area contributed by atoms with E-state index in [2.05, 4.69) is 29.2 Å². The van der Waals surface area contributed by atoms with Crippen molar-refractivity contribution in [1.82, 2.24) is 0 Å². The molecule has 2 aromatic rings. The van der Waals surface area contributed by atoms with Crippen molar-refractivity contribution in [3.63, 3.8) is 0 Å². The Morgan fingerprint density at radius 2 is 1.44 bits per heavy atom. The predicted molar refractivity (Wildman–Crippen MR) is 123 cm³/mol. The summed E-state index contributed by atoms with van der Waals surface area (Å²) in [4.78, 5) is 4.35. The zero-order valence-electron chi connectivity index (χ0n) is 19.0. The van der Waals surface area contributed by atoms with E-state index in [1.807, 2.05) is 4.90 Å². The smallest absolute Gasteiger partial charge is 0.371 e. The first-order valence-corrected chi connectivity index (χ1v) is 11.9. The number of benzene rings is 2. The first-order chi connectivity index (χ1) is 16.4. The van der Waals surface area contributed by atoms with Gasteiger partial charge in [-0.2, -0.15) is 18.4 Å². The molecule has 0 saturated carbocycles. The van der Waals surface area contributed by atoms with Crippen molar-refractivity contribution in [2.24, 2.45) is 0 Å². The van der Waals surface area contributed by atoms with Gasteiger partial charge in [0.2, 0.25) is 0 Å². The lowest BCUT2D eigenvalue weighted by atomic mass is 9.89. The molecule has 3 saturated heterocycles. The van der Waals surface area contributed by atoms with Gasteiger partial charge in [-0.05, 0) is 54.7 Å². The van der Waals surface area contributed by atoms with Crippen LogP contribution in [0, 0.1) is 11.3 Å². The van der Waals surface area contributed by atoms with Gasteiger partial charge in [-0.3, -0.25) is 0 Å². The fourth-order valence-corrected chi connectivity index (χ4v) is 5.38. The van der Waals surface area contributed by atoms with Gasteiger partial charge in [-0.25, -0.2) is 0 Å². The fourth-order valence-electron chi connectivity index (χ4n) is 5.38. The molecule has 180 valence electrons. The van der Waals surface area contributed by atoms with Crippen LogP contribution in [0.15, 0.2) is 42.5 Å². The molecule has 5 rings (SSSR count). The second kappa shape index (κ2) is 9.12. The largest absolute Gasteiger partial charge is 0.417 e. The minimum atomic E-state index is -4.53. The monoisotopic (exact) mass is 471 g/mol. The third-order valence-electron chi connectivity index (χ3n) is 7.36. The van der Waals surface area contributed by atoms with Crippen molar-refractivity contribution >= 4 is 11.4 Å². The van der Waals surface area contributed by atoms with Crippen LogP contribution in [-0.4, -0.2) is 45.2 Å². The molecule has 5 nitrogen and oxygen atoms in total. The van der Waals surface area contributed by atoms with Gasteiger partial charge in [0.25, 0.3) is 0 Å². The highest BCUT2D eigenvalue weighted by atomic mass is 19.4. The van der Waals surface area contributed by atoms with Crippen LogP contribution in [0.1, 0.15) is 48.3 Å². The molecule has 8 heteroatoms. The number of anilines is 2. The number of piperidine rings is 2. The van der Waals surface area contributed by atoms with Gasteiger partial charge in [0.05, 0.1) is 30.4 Å². The number of hydrogen-bond donors (Lipinski definition) is 0. The molecule has 1 spiro atoms. The first kappa shape index (κ1) is 23.0. The van der Waals surface area contributed by atoms with Gasteiger partial charge in [-0.15, -0.1) is 0 Å². The van der Waals surface area contributed by atoms with Crippen LogP contribution in [-0.2, 0) is 15.7 Å². The molecule has 3 aliphatic heterocycles. The molecule has 0 bridgehead atoms. The molecule has 3 heterocycles. The fraction of sp³-hybridized carbons (Fsp3) is 0.500. The lowest BCUT2D eigenvalue weighted by Gasteiger charge is -2.39. The molecule has 0 aromatic heterocycles. The Morgan fingerprint density at radius 3 is 2.03 bits per heavy atom. The van der Waals surface area contributed by atoms with Crippen molar-refractivity contribution in [3.8, 4) is 6.07 Å². The molecule has 2 aromatic carbocycles. The van der Waals surface area contributed by atoms with Crippen molar-refractivity contribution in [2.45, 2.75) is 43.6 Å². The zero-order chi connectivity index (χ0) is 23.8. The van der Waals surface area contributed by atoms with E-state index in [0.29, 0.717) is 37.9 Å². The van der Waals surface area contributed by atoms with Crippen molar-refractivity contribution in [2.75, 3.05) is 49.2 Å². The number of ether oxygens (including phenoxy) is 2. The van der Waals surface area contributed by atoms with Gasteiger partial charge in [0.15, 0.2) is 5.79 Å². The summed E-state index contributed by atoms with van der Waals surface area (Å²) >= 11 is 0. The average molecular weight is 472 g/mol. The summed E-state index contributed by atoms with van der Waals surface area (Å²) in [7, 11) is 0. The van der Waals surface area contributed by atoms with Crippen molar-refractivity contribution < 1.29 is 22.6 Å². The molecule has 3 aliphatic rings. The number of nitrogens with zero attached hydrogens (tertiary/aromatic N) is 3. The highest BCUT2D eigenvalue weighted by molar-refractivity contribution is 5.55. The maximum absolute atomic E-state index is 13.3. The molecule has 0 unspecified atom stereocenters. The van der Waals surface area contributed by atoms with Gasteiger partial charge >= 0.3 is 6.18 Å². The Morgan fingerprint density at radius 1 is 0.853 bits per heavy atom. The van der Waals surface area contributed by atoms with Crippen LogP contribution in [0.25, 0.3) is 0 Å². The third kappa shape index (κ3) is 4.59. The highest BCUT2D eigenvalue weighted by Crippen LogP contribution is 2.37. The van der Waals surface area contributed by atoms with E-state index in [0.717, 1.165) is 44.8 Å². The normalized spacial score (nSPS) is 21.1. The Bertz CT molecular complexity index is 1040. The summed E-state index contributed by atoms with van der Waals surface area (Å²) < 4.78 is 51.6. The van der Waals surface area contributed by atoms with Crippen LogP contribution in [0.3, 0.4) is 0 Å². The number of nitriles is 1. The van der Waals surface area contributed by atoms with Crippen molar-refractivity contribution in [1.29, 1.82) is 5.26 Å². The molecule has 0 aliphatic carbocycles. The number of hydrogen-bond acceptors (Lipinski definition) is 5. The number of alkyl halides is 3. The van der Waals surface area contributed by atoms with E-state index in [4.69, 9.17) is 14.7 Å². The first-order valence-electron chi connectivity index (χ1n) is 11.9. The van der Waals surface area contributed by atoms with E-state index in [-0.39, 0.29) is 11.4 Å². The summed E-state index contributed by atoms with van der Waals surface area (Å²) in [5.74, 6) is 0.0101. The van der Waals surface area contributed by atoms with E-state index in [1.165, 1.54) is 17.3 Å². The van der Waals surface area contributed by atoms with Crippen LogP contribution < -0.4 is 9.80 Å². The SMILES string of the molecule is N#Cc1ccc(N2CCC(c3ccc(N4CCC5(CC4)OCCO5)cc3)CC2)cc1C(F)(F)F. The summed E-state index contributed by atoms with van der Waals surface area (Å²) in [6, 6.07) is 14.4. The Labute approximate surface area is 197 Å². The number of halogens is 3. The molecule has 0 amide bonds. The predicted octanol–water partition coefficient (Wildman–Crippen LogP) is 5.30. The van der Waals surface area contributed by atoms with Crippen LogP contribution in [0.4, 0.5) is 24.5 Å². The maximum atomic E-state index is 13.3. The van der Waals surface area contributed by atoms with Gasteiger partial charge < -0.3 is 19.3 Å². The second-order valence-corrected chi connectivity index (χ2v) is 9.29. The minimum absolute atomic E-state index is 0.335. The standard InChI is InChI=1S/C26H28F3N3O2/c27-26(28,29)24-17-23(6-3-21(24)18-30)31-11-7-20(8-12-31)19-1-4-22(5-2-19)32-13-9-25(10-14-32)33-15-16-34-25/h1-6,17,20H,7-16H2. The van der Waals surface area contributed by atoms with Gasteiger partial charge in [0.1, 0.15) is 0 Å². The third-order valence-corrected chi connectivity index (χ3v) is 7.36. The summed E-state index contributed by atoms with van der Waals surface area (Å²) in [6.07, 6.45) is -1.03. The van der Waals surface area contributed by atoms with Crippen LogP contribution >= 0.6 is 0 Å². The quantitative estimate of drug-likeness (QED) is 0.608. The molecular formula is C26H28F3N3O2. The zero-order valence-corrected chi connectivity index (χ0v) is 19.0. The lowest BCUT2D eigenvalue weighted by molar-refractivity contribution is -0.169. The molecule has 0 radical (unpaired) electrons. The Kier molecular flexibility index (Phi) is 6.17. The van der Waals surface area contributed by atoms with E-state index in [1.54, 1.807) is 12.1 Å². The van der Waals surface area contributed by atoms with Gasteiger partial charge in [-0.1, -0.05) is 12.1 Å². The highest BCUT2D eigenvalue weighted by Gasteiger charge is 2.40. The molecular weight excluding hydrogens is 443 g/mol. The lowest BCUT2D eigenvalue weighted by Crippen LogP contribution is -2.45. The number of rotatable bonds is 3. The maximum Gasteiger partial charge on any atom is 0.417 e. The summed E-state index contributed by atoms with van der Waals surface area (Å²) in [5, 5.41) is 9.02. The average Bonchev–Trinajstić information content (AvgIpc) is 3.31. The summed E-state index contributed by atoms with van der Waals surface area (Å²) in [6.45, 7) is 4.54. The minimum Gasteiger partial charge on any atom is -0.371 e. The molecule has 3 fully saturated rings. The molecule has 0 N–H and O–H groups in total. The van der Waals surface area contributed by atoms with E-state index in [9.17, 15) is 13.2 Å². The van der Waals surface area contributed by atoms with E-state index >= 15 is 0 Å². The molecule has 0 atom stereocenters.